The summed E-state index contributed by atoms with van der Waals surface area (Å²) in [6, 6.07) is 20.2. The molecule has 2 aromatic rings. The van der Waals surface area contributed by atoms with Crippen LogP contribution in [0.2, 0.25) is 0 Å². The summed E-state index contributed by atoms with van der Waals surface area (Å²) in [5, 5.41) is 6.97. The molecule has 0 aromatic heterocycles. The van der Waals surface area contributed by atoms with Crippen LogP contribution >= 0.6 is 0 Å². The van der Waals surface area contributed by atoms with Gasteiger partial charge in [0, 0.05) is 11.3 Å². The molecule has 3 nitrogen and oxygen atoms in total. The summed E-state index contributed by atoms with van der Waals surface area (Å²) in [7, 11) is 0. The average molecular weight is 292 g/mol. The van der Waals surface area contributed by atoms with Crippen molar-refractivity contribution in [2.24, 2.45) is 0 Å². The summed E-state index contributed by atoms with van der Waals surface area (Å²) in [6.07, 6.45) is -0.00509. The van der Waals surface area contributed by atoms with Gasteiger partial charge in [0.1, 0.15) is 6.17 Å². The van der Waals surface area contributed by atoms with Gasteiger partial charge in [-0.15, -0.1) is 0 Å². The van der Waals surface area contributed by atoms with Gasteiger partial charge in [-0.2, -0.15) is 0 Å². The quantitative estimate of drug-likeness (QED) is 0.910. The number of carbonyl (C=O) groups excluding carboxylic acids is 1. The SMILES string of the molecule is CC(=O)C1=C(C)N[C@H](c2ccccc2)N[C@H]1c1ccccc1. The lowest BCUT2D eigenvalue weighted by atomic mass is 9.91. The fraction of sp³-hybridized carbons (Fsp3) is 0.211. The summed E-state index contributed by atoms with van der Waals surface area (Å²) in [4.78, 5) is 12.1. The Kier molecular flexibility index (Phi) is 4.07. The minimum Gasteiger partial charge on any atom is -0.369 e. The Hall–Kier alpha value is -2.39. The second-order valence-corrected chi connectivity index (χ2v) is 5.59. The molecule has 2 aromatic carbocycles. The number of Topliss-reactive ketones (excluding diaryl/α,β-unsaturated/α-hetero) is 1. The third-order valence-corrected chi connectivity index (χ3v) is 4.03. The van der Waals surface area contributed by atoms with Crippen LogP contribution in [0.25, 0.3) is 0 Å². The van der Waals surface area contributed by atoms with Gasteiger partial charge in [0.25, 0.3) is 0 Å². The number of hydrogen-bond acceptors (Lipinski definition) is 3. The number of allylic oxidation sites excluding steroid dienone is 1. The van der Waals surface area contributed by atoms with Gasteiger partial charge in [0.05, 0.1) is 6.04 Å². The van der Waals surface area contributed by atoms with Crippen molar-refractivity contribution >= 4 is 5.78 Å². The number of ketones is 1. The highest BCUT2D eigenvalue weighted by molar-refractivity contribution is 5.95. The molecule has 0 radical (unpaired) electrons. The molecule has 0 spiro atoms. The van der Waals surface area contributed by atoms with Gasteiger partial charge in [-0.25, -0.2) is 0 Å². The van der Waals surface area contributed by atoms with E-state index in [0.717, 1.165) is 22.4 Å². The van der Waals surface area contributed by atoms with Crippen LogP contribution in [0.4, 0.5) is 0 Å². The van der Waals surface area contributed by atoms with Gasteiger partial charge in [0.2, 0.25) is 0 Å². The average Bonchev–Trinajstić information content (AvgIpc) is 2.55. The molecular formula is C19H20N2O. The molecule has 1 aliphatic rings. The molecule has 0 saturated heterocycles. The second kappa shape index (κ2) is 6.16. The first-order chi connectivity index (χ1) is 10.7. The number of carbonyl (C=O) groups is 1. The maximum absolute atomic E-state index is 12.1. The number of rotatable bonds is 3. The van der Waals surface area contributed by atoms with Crippen LogP contribution in [-0.2, 0) is 4.79 Å². The first-order valence-corrected chi connectivity index (χ1v) is 7.51. The molecule has 0 saturated carbocycles. The molecule has 0 bridgehead atoms. The van der Waals surface area contributed by atoms with Gasteiger partial charge in [-0.05, 0) is 25.0 Å². The van der Waals surface area contributed by atoms with Crippen molar-refractivity contribution in [1.29, 1.82) is 0 Å². The molecule has 0 fully saturated rings. The summed E-state index contributed by atoms with van der Waals surface area (Å²) < 4.78 is 0. The standard InChI is InChI=1S/C19H20N2O/c1-13-17(14(2)22)18(15-9-5-3-6-10-15)21-19(20-13)16-11-7-4-8-12-16/h3-12,18-21H,1-2H3/t18-,19-/m0/s1. The van der Waals surface area contributed by atoms with E-state index in [-0.39, 0.29) is 18.0 Å². The Morgan fingerprint density at radius 1 is 0.909 bits per heavy atom. The van der Waals surface area contributed by atoms with Crippen LogP contribution in [0.1, 0.15) is 37.2 Å². The minimum absolute atomic E-state index is 0.00509. The highest BCUT2D eigenvalue weighted by Gasteiger charge is 2.30. The molecule has 22 heavy (non-hydrogen) atoms. The summed E-state index contributed by atoms with van der Waals surface area (Å²) in [6.45, 7) is 3.60. The molecule has 1 aliphatic heterocycles. The smallest absolute Gasteiger partial charge is 0.159 e. The zero-order valence-electron chi connectivity index (χ0n) is 12.8. The van der Waals surface area contributed by atoms with E-state index in [1.807, 2.05) is 43.3 Å². The first kappa shape index (κ1) is 14.5. The topological polar surface area (TPSA) is 41.1 Å². The zero-order valence-corrected chi connectivity index (χ0v) is 12.8. The van der Waals surface area contributed by atoms with E-state index in [9.17, 15) is 4.79 Å². The Bertz CT molecular complexity index is 692. The Morgan fingerprint density at radius 3 is 2.00 bits per heavy atom. The van der Waals surface area contributed by atoms with Crippen LogP contribution in [0.15, 0.2) is 71.9 Å². The van der Waals surface area contributed by atoms with Crippen LogP contribution in [-0.4, -0.2) is 5.78 Å². The third kappa shape index (κ3) is 2.81. The predicted molar refractivity (Wildman–Crippen MR) is 88.0 cm³/mol. The van der Waals surface area contributed by atoms with Gasteiger partial charge >= 0.3 is 0 Å². The first-order valence-electron chi connectivity index (χ1n) is 7.51. The van der Waals surface area contributed by atoms with Gasteiger partial charge in [-0.1, -0.05) is 60.7 Å². The lowest BCUT2D eigenvalue weighted by Gasteiger charge is -2.35. The highest BCUT2D eigenvalue weighted by atomic mass is 16.1. The van der Waals surface area contributed by atoms with E-state index in [4.69, 9.17) is 0 Å². The van der Waals surface area contributed by atoms with Crippen molar-refractivity contribution in [2.75, 3.05) is 0 Å². The number of nitrogens with one attached hydrogen (secondary N) is 2. The summed E-state index contributed by atoms with van der Waals surface area (Å²) >= 11 is 0. The van der Waals surface area contributed by atoms with Crippen molar-refractivity contribution in [3.05, 3.63) is 83.1 Å². The zero-order chi connectivity index (χ0) is 15.5. The van der Waals surface area contributed by atoms with Crippen molar-refractivity contribution < 1.29 is 4.79 Å². The minimum atomic E-state index is -0.0924. The Morgan fingerprint density at radius 2 is 1.45 bits per heavy atom. The van der Waals surface area contributed by atoms with Crippen molar-refractivity contribution in [2.45, 2.75) is 26.1 Å². The maximum Gasteiger partial charge on any atom is 0.159 e. The molecule has 0 unspecified atom stereocenters. The van der Waals surface area contributed by atoms with Crippen molar-refractivity contribution in [3.8, 4) is 0 Å². The molecule has 2 N–H and O–H groups in total. The Labute approximate surface area is 131 Å². The highest BCUT2D eigenvalue weighted by Crippen LogP contribution is 2.31. The van der Waals surface area contributed by atoms with E-state index < -0.39 is 0 Å². The van der Waals surface area contributed by atoms with E-state index in [1.165, 1.54) is 0 Å². The molecule has 2 atom stereocenters. The van der Waals surface area contributed by atoms with E-state index in [0.29, 0.717) is 0 Å². The maximum atomic E-state index is 12.1. The molecule has 0 amide bonds. The van der Waals surface area contributed by atoms with E-state index in [2.05, 4.69) is 34.9 Å². The van der Waals surface area contributed by atoms with Gasteiger partial charge in [-0.3, -0.25) is 10.1 Å². The van der Waals surface area contributed by atoms with E-state index in [1.54, 1.807) is 6.92 Å². The molecule has 112 valence electrons. The number of hydrogen-bond donors (Lipinski definition) is 2. The van der Waals surface area contributed by atoms with Crippen LogP contribution in [0.3, 0.4) is 0 Å². The number of benzene rings is 2. The van der Waals surface area contributed by atoms with Gasteiger partial charge in [0.15, 0.2) is 5.78 Å². The van der Waals surface area contributed by atoms with Crippen molar-refractivity contribution in [3.63, 3.8) is 0 Å². The largest absolute Gasteiger partial charge is 0.369 e. The molecule has 3 rings (SSSR count). The predicted octanol–water partition coefficient (Wildman–Crippen LogP) is 3.48. The molecule has 1 heterocycles. The van der Waals surface area contributed by atoms with Crippen LogP contribution in [0.5, 0.6) is 0 Å². The fourth-order valence-electron chi connectivity index (χ4n) is 3.00. The lowest BCUT2D eigenvalue weighted by Crippen LogP contribution is -2.43. The summed E-state index contributed by atoms with van der Waals surface area (Å²) in [5.74, 6) is 0.0952. The lowest BCUT2D eigenvalue weighted by molar-refractivity contribution is -0.114. The molecule has 3 heteroatoms. The van der Waals surface area contributed by atoms with E-state index >= 15 is 0 Å². The molecular weight excluding hydrogens is 272 g/mol. The fourth-order valence-corrected chi connectivity index (χ4v) is 3.00. The summed E-state index contributed by atoms with van der Waals surface area (Å²) in [5.41, 5.74) is 4.01. The van der Waals surface area contributed by atoms with Crippen molar-refractivity contribution in [1.82, 2.24) is 10.6 Å². The van der Waals surface area contributed by atoms with Gasteiger partial charge < -0.3 is 5.32 Å². The Balaban J connectivity index is 2.01. The van der Waals surface area contributed by atoms with Crippen LogP contribution < -0.4 is 10.6 Å². The second-order valence-electron chi connectivity index (χ2n) is 5.59. The normalized spacial score (nSPS) is 21.4. The monoisotopic (exact) mass is 292 g/mol. The van der Waals surface area contributed by atoms with Crippen LogP contribution in [0, 0.1) is 0 Å². The third-order valence-electron chi connectivity index (χ3n) is 4.03. The molecule has 0 aliphatic carbocycles.